The number of ether oxygens (including phenoxy) is 6. The van der Waals surface area contributed by atoms with Crippen molar-refractivity contribution < 1.29 is 61.7 Å². The lowest BCUT2D eigenvalue weighted by atomic mass is 10.1. The second-order valence-electron chi connectivity index (χ2n) is 15.0. The highest BCUT2D eigenvalue weighted by Gasteiger charge is 2.16. The zero-order valence-electron chi connectivity index (χ0n) is 39.9. The Morgan fingerprint density at radius 3 is 1.27 bits per heavy atom. The summed E-state index contributed by atoms with van der Waals surface area (Å²) in [6, 6.07) is 27.6. The van der Waals surface area contributed by atoms with Gasteiger partial charge >= 0.3 is 0 Å². The van der Waals surface area contributed by atoms with E-state index < -0.39 is 11.6 Å². The largest absolute Gasteiger partial charge is 0.489 e. The Balaban J connectivity index is 0.000000505. The van der Waals surface area contributed by atoms with E-state index in [0.717, 1.165) is 57.1 Å². The molecule has 3 atom stereocenters. The van der Waals surface area contributed by atoms with Gasteiger partial charge in [0.1, 0.15) is 83.3 Å². The minimum atomic E-state index is -0.536. The molecule has 0 aliphatic carbocycles. The second kappa shape index (κ2) is 36.0. The van der Waals surface area contributed by atoms with E-state index in [1.807, 2.05) is 18.2 Å². The monoisotopic (exact) mass is 1050 g/mol. The van der Waals surface area contributed by atoms with Gasteiger partial charge in [0.2, 0.25) is 0 Å². The second-order valence-corrected chi connectivity index (χ2v) is 15.0. The van der Waals surface area contributed by atoms with E-state index in [2.05, 4.69) is 15.0 Å². The van der Waals surface area contributed by atoms with Gasteiger partial charge in [-0.25, -0.2) is 32.5 Å². The van der Waals surface area contributed by atoms with Crippen molar-refractivity contribution in [3.8, 4) is 63.1 Å². The molecule has 7 N–H and O–H groups in total. The molecule has 3 unspecified atom stereocenters. The number of halogens is 4. The average Bonchev–Trinajstić information content (AvgIpc) is 3.40. The van der Waals surface area contributed by atoms with E-state index in [-0.39, 0.29) is 95.6 Å². The molecule has 0 amide bonds. The molecule has 0 spiro atoms. The van der Waals surface area contributed by atoms with Gasteiger partial charge in [-0.3, -0.25) is 0 Å². The zero-order chi connectivity index (χ0) is 49.9. The molecule has 6 aromatic rings. The summed E-state index contributed by atoms with van der Waals surface area (Å²) in [4.78, 5) is 11.5. The van der Waals surface area contributed by atoms with E-state index in [1.165, 1.54) is 73.4 Å². The summed E-state index contributed by atoms with van der Waals surface area (Å²) in [5, 5.41) is 43.8. The number of aliphatic hydroxyl groups is 2. The van der Waals surface area contributed by atoms with Gasteiger partial charge in [0, 0.05) is 29.9 Å². The Kier molecular flexibility index (Phi) is 31.6. The van der Waals surface area contributed by atoms with Crippen molar-refractivity contribution in [3.05, 3.63) is 150 Å². The highest BCUT2D eigenvalue weighted by Crippen LogP contribution is 2.32. The maximum Gasteiger partial charge on any atom is 0.157 e. The van der Waals surface area contributed by atoms with Crippen LogP contribution in [0.25, 0.3) is 33.4 Å². The number of aromatic nitrogens is 3. The minimum absolute atomic E-state index is 0. The number of hydrogen-bond donors (Lipinski definition) is 3. The number of rotatable bonds is 14. The van der Waals surface area contributed by atoms with Gasteiger partial charge in [-0.2, -0.15) is 25.7 Å². The van der Waals surface area contributed by atoms with Crippen LogP contribution in [0.2, 0.25) is 0 Å². The Morgan fingerprint density at radius 2 is 0.892 bits per heavy atom. The van der Waals surface area contributed by atoms with Crippen molar-refractivity contribution >= 4 is 9.90 Å². The molecule has 3 aromatic heterocycles. The number of hydrogen-bond acceptors (Lipinski definition) is 15. The summed E-state index contributed by atoms with van der Waals surface area (Å²) < 4.78 is 84.9. The van der Waals surface area contributed by atoms with Gasteiger partial charge in [-0.05, 0) is 110 Å². The molecule has 2 saturated heterocycles. The first-order valence-corrected chi connectivity index (χ1v) is 22.2. The van der Waals surface area contributed by atoms with Crippen LogP contribution in [0.15, 0.2) is 110 Å². The van der Waals surface area contributed by atoms with Crippen LogP contribution < -0.4 is 15.6 Å². The van der Waals surface area contributed by atoms with Gasteiger partial charge in [-0.1, -0.05) is 43.8 Å². The number of pyridine rings is 3. The molecule has 396 valence electrons. The first-order valence-electron chi connectivity index (χ1n) is 22.2. The van der Waals surface area contributed by atoms with Crippen molar-refractivity contribution in [2.45, 2.75) is 58.5 Å². The van der Waals surface area contributed by atoms with E-state index in [0.29, 0.717) is 53.6 Å². The summed E-state index contributed by atoms with van der Waals surface area (Å²) in [6.07, 6.45) is 10.1. The highest BCUT2D eigenvalue weighted by molar-refractivity contribution is 6.92. The predicted molar refractivity (Wildman–Crippen MR) is 274 cm³/mol. The summed E-state index contributed by atoms with van der Waals surface area (Å²) in [5.41, 5.74) is 4.21. The van der Waals surface area contributed by atoms with Crippen molar-refractivity contribution in [3.63, 3.8) is 0 Å². The fourth-order valence-corrected chi connectivity index (χ4v) is 6.65. The topological polar surface area (TPSA) is 272 Å². The van der Waals surface area contributed by atoms with Gasteiger partial charge < -0.3 is 50.3 Å². The van der Waals surface area contributed by atoms with Crippen LogP contribution in [0.3, 0.4) is 0 Å². The lowest BCUT2D eigenvalue weighted by Crippen LogP contribution is -2.24. The first kappa shape index (κ1) is 65.0. The van der Waals surface area contributed by atoms with Gasteiger partial charge in [0.15, 0.2) is 12.6 Å². The fraction of sp³-hybridized carbons (Fsp3) is 0.321. The Morgan fingerprint density at radius 1 is 0.527 bits per heavy atom. The SMILES string of the molecule is C.N.N#Cc1cc(-c2ccc(F)cc2)c(F)cn1.N#Cc1cc(-c2ccc(F)cc2)c(OCCO)cn1.N#Cc1cc(-c2ccc(F)cc2)c(OCCOC2CCCCO2)cn1.O.OCCOC1CCCCO1.P. The number of nitrogens with zero attached hydrogens (tertiary/aromatic N) is 6. The van der Waals surface area contributed by atoms with E-state index in [9.17, 15) is 17.6 Å². The maximum atomic E-state index is 13.4. The van der Waals surface area contributed by atoms with Crippen molar-refractivity contribution in [1.29, 1.82) is 15.8 Å². The van der Waals surface area contributed by atoms with Gasteiger partial charge in [0.25, 0.3) is 0 Å². The summed E-state index contributed by atoms with van der Waals surface area (Å²) in [5.74, 6) is -0.611. The molecule has 8 rings (SSSR count). The van der Waals surface area contributed by atoms with Crippen LogP contribution in [0.5, 0.6) is 11.5 Å². The molecule has 0 bridgehead atoms. The van der Waals surface area contributed by atoms with Crippen molar-refractivity contribution in [2.75, 3.05) is 52.9 Å². The molecule has 2 aliphatic rings. The molecule has 16 nitrogen and oxygen atoms in total. The molecular formula is C53H62F4N7O9P. The van der Waals surface area contributed by atoms with E-state index >= 15 is 0 Å². The Labute approximate surface area is 431 Å². The summed E-state index contributed by atoms with van der Waals surface area (Å²) in [7, 11) is 0. The molecule has 5 heterocycles. The van der Waals surface area contributed by atoms with E-state index in [1.54, 1.807) is 36.4 Å². The highest BCUT2D eigenvalue weighted by atomic mass is 31.0. The van der Waals surface area contributed by atoms with Crippen LogP contribution in [0.4, 0.5) is 17.6 Å². The third kappa shape index (κ3) is 21.6. The Hall–Kier alpha value is -6.99. The van der Waals surface area contributed by atoms with Crippen LogP contribution in [0, 0.1) is 57.3 Å². The van der Waals surface area contributed by atoms with Crippen LogP contribution in [-0.2, 0) is 18.9 Å². The molecule has 74 heavy (non-hydrogen) atoms. The molecule has 0 radical (unpaired) electrons. The fourth-order valence-electron chi connectivity index (χ4n) is 6.65. The third-order valence-electron chi connectivity index (χ3n) is 10.1. The standard InChI is InChI=1S/C19H19FN2O3.C14H11FN2O2.C12H6F2N2.C7H14O3.CH4.H3N.H2O.H3P/c20-15-6-4-14(5-7-15)17-11-16(12-21)22-13-18(17)23-9-10-25-19-3-1-2-8-24-19;15-11-3-1-10(2-4-11)13-7-12(8-16)17-9-14(13)19-6-5-18;13-9-3-1-8(2-4-9)11-5-10(6-15)16-7-12(11)14;8-4-6-10-7-3-1-2-5-9-7;;;;/h4-7,11,13,19H,1-3,8-10H2;1-4,7,9,18H,5-6H2;1-5,7H;7-8H,1-6H2;1H4;1H3;1H2;1H3. The molecule has 0 saturated carbocycles. The number of aliphatic hydroxyl groups excluding tert-OH is 2. The Bertz CT molecular complexity index is 2670. The minimum Gasteiger partial charge on any atom is -0.489 e. The summed E-state index contributed by atoms with van der Waals surface area (Å²) in [6.45, 7) is 2.75. The molecule has 3 aromatic carbocycles. The molecule has 2 aliphatic heterocycles. The van der Waals surface area contributed by atoms with Gasteiger partial charge in [-0.15, -0.1) is 0 Å². The lowest BCUT2D eigenvalue weighted by Gasteiger charge is -2.22. The van der Waals surface area contributed by atoms with Crippen molar-refractivity contribution in [2.24, 2.45) is 0 Å². The number of nitriles is 3. The normalized spacial score (nSPS) is 14.0. The zero-order valence-corrected chi connectivity index (χ0v) is 41.3. The van der Waals surface area contributed by atoms with Crippen molar-refractivity contribution in [1.82, 2.24) is 21.1 Å². The van der Waals surface area contributed by atoms with E-state index in [4.69, 9.17) is 54.4 Å². The van der Waals surface area contributed by atoms with Gasteiger partial charge in [0.05, 0.1) is 45.0 Å². The third-order valence-corrected chi connectivity index (χ3v) is 10.1. The maximum absolute atomic E-state index is 13.4. The van der Waals surface area contributed by atoms with Crippen LogP contribution in [0.1, 0.15) is 63.0 Å². The predicted octanol–water partition coefficient (Wildman–Crippen LogP) is 9.26. The number of benzene rings is 3. The summed E-state index contributed by atoms with van der Waals surface area (Å²) >= 11 is 0. The average molecular weight is 1050 g/mol. The van der Waals surface area contributed by atoms with Crippen LogP contribution >= 0.6 is 9.90 Å². The quantitative estimate of drug-likeness (QED) is 0.0521. The smallest absolute Gasteiger partial charge is 0.157 e. The molecule has 2 fully saturated rings. The van der Waals surface area contributed by atoms with Crippen LogP contribution in [-0.4, -0.2) is 96.1 Å². The molecule has 21 heteroatoms. The first-order chi connectivity index (χ1) is 34.1. The lowest BCUT2D eigenvalue weighted by molar-refractivity contribution is -0.166. The molecular weight excluding hydrogens is 986 g/mol.